The van der Waals surface area contributed by atoms with Crippen LogP contribution in [0.2, 0.25) is 0 Å². The molecule has 12 heteroatoms. The smallest absolute Gasteiger partial charge is 0.338 e. The van der Waals surface area contributed by atoms with E-state index in [1.54, 1.807) is 51.7 Å². The fourth-order valence-electron chi connectivity index (χ4n) is 12.2. The zero-order valence-electron chi connectivity index (χ0n) is 27.2. The number of rotatable bonds is 9. The first-order valence-electron chi connectivity index (χ1n) is 16.3. The minimum Gasteiger partial charge on any atom is -0.455 e. The molecule has 1 aromatic rings. The number of ether oxygens (including phenoxy) is 6. The van der Waals surface area contributed by atoms with Crippen molar-refractivity contribution in [3.8, 4) is 0 Å². The summed E-state index contributed by atoms with van der Waals surface area (Å²) in [5.74, 6) is -4.04. The first kappa shape index (κ1) is 32.0. The second kappa shape index (κ2) is 10.7. The van der Waals surface area contributed by atoms with E-state index in [0.717, 1.165) is 0 Å². The van der Waals surface area contributed by atoms with Crippen LogP contribution in [-0.2, 0) is 38.0 Å². The third kappa shape index (κ3) is 3.48. The standard InChI is InChI=1S/C34H45NO11/c1-7-35-25-22-23(43-5)24-31(16-41-3,30(35)39)14-13-20(42-4)33(24,25)19-15-32(40)27(45-29(38)18-11-9-8-10-12-18)21(19)34(22,46-17(2)36)26(37)28(32)44-6/h8-12,19-28,37,40H,7,13-16H2,1-6H3/t19-,20+,21-,22+,23+,24-,25-,26+,27-,28+,31+,32-,33+,34-/m1/s1. The number of amides is 1. The number of hydrogen-bond donors (Lipinski definition) is 2. The maximum Gasteiger partial charge on any atom is 0.338 e. The van der Waals surface area contributed by atoms with Gasteiger partial charge in [-0.1, -0.05) is 18.2 Å². The molecular weight excluding hydrogens is 598 g/mol. The summed E-state index contributed by atoms with van der Waals surface area (Å²) in [5.41, 5.74) is -5.15. The molecule has 1 aliphatic heterocycles. The van der Waals surface area contributed by atoms with Crippen molar-refractivity contribution in [3.05, 3.63) is 35.9 Å². The molecule has 7 bridgehead atoms. The Morgan fingerprint density at radius 3 is 2.33 bits per heavy atom. The van der Waals surface area contributed by atoms with E-state index >= 15 is 0 Å². The van der Waals surface area contributed by atoms with Gasteiger partial charge < -0.3 is 43.5 Å². The predicted molar refractivity (Wildman–Crippen MR) is 159 cm³/mol. The third-order valence-electron chi connectivity index (χ3n) is 12.9. The first-order chi connectivity index (χ1) is 22.0. The molecule has 0 radical (unpaired) electrons. The van der Waals surface area contributed by atoms with Gasteiger partial charge in [0.1, 0.15) is 23.9 Å². The zero-order chi connectivity index (χ0) is 33.0. The van der Waals surface area contributed by atoms with Crippen LogP contribution < -0.4 is 0 Å². The summed E-state index contributed by atoms with van der Waals surface area (Å²) in [7, 11) is 6.20. The quantitative estimate of drug-likeness (QED) is 0.374. The molecule has 1 aromatic carbocycles. The number of aliphatic hydroxyl groups is 2. The van der Waals surface area contributed by atoms with Crippen LogP contribution in [0.3, 0.4) is 0 Å². The number of esters is 2. The largest absolute Gasteiger partial charge is 0.455 e. The van der Waals surface area contributed by atoms with Gasteiger partial charge in [0.15, 0.2) is 5.60 Å². The van der Waals surface area contributed by atoms with Crippen molar-refractivity contribution < 1.29 is 53.0 Å². The van der Waals surface area contributed by atoms with Crippen LogP contribution in [0.15, 0.2) is 30.3 Å². The summed E-state index contributed by atoms with van der Waals surface area (Å²) in [6.45, 7) is 3.68. The second-order valence-corrected chi connectivity index (χ2v) is 14.2. The Hall–Kier alpha value is -2.61. The molecule has 14 atom stereocenters. The van der Waals surface area contributed by atoms with Crippen molar-refractivity contribution in [1.29, 1.82) is 0 Å². The number of benzene rings is 1. The SMILES string of the molecule is CCN1C(=O)[C@]2(COC)CC[C@H](OC)[C@@]34[C@@H]5C[C@@]6(O)[C@H](OC(=O)c7ccccc7)[C@@H]5[C@@](OC(C)=O)([C@@H]([C@H](OC)[C@H]23)[C@@H]14)[C@@H](O)[C@@H]6OC. The first-order valence-corrected chi connectivity index (χ1v) is 16.3. The fraction of sp³-hybridized carbons (Fsp3) is 0.735. The summed E-state index contributed by atoms with van der Waals surface area (Å²) < 4.78 is 37.2. The molecule has 6 aliphatic rings. The molecule has 12 nitrogen and oxygen atoms in total. The molecule has 1 saturated heterocycles. The third-order valence-corrected chi connectivity index (χ3v) is 12.9. The highest BCUT2D eigenvalue weighted by molar-refractivity contribution is 5.89. The normalized spacial score (nSPS) is 47.9. The predicted octanol–water partition coefficient (Wildman–Crippen LogP) is 1.20. The number of methoxy groups -OCH3 is 4. The highest BCUT2D eigenvalue weighted by atomic mass is 16.6. The number of hydrogen-bond acceptors (Lipinski definition) is 11. The Kier molecular flexibility index (Phi) is 7.43. The van der Waals surface area contributed by atoms with E-state index in [1.165, 1.54) is 14.0 Å². The Labute approximate surface area is 268 Å². The molecule has 0 unspecified atom stereocenters. The van der Waals surface area contributed by atoms with E-state index < -0.39 is 88.1 Å². The molecule has 46 heavy (non-hydrogen) atoms. The van der Waals surface area contributed by atoms with E-state index in [2.05, 4.69) is 0 Å². The van der Waals surface area contributed by atoms with Gasteiger partial charge >= 0.3 is 11.9 Å². The molecule has 252 valence electrons. The summed E-state index contributed by atoms with van der Waals surface area (Å²) >= 11 is 0. The lowest BCUT2D eigenvalue weighted by molar-refractivity contribution is -0.314. The van der Waals surface area contributed by atoms with Crippen molar-refractivity contribution in [2.24, 2.45) is 34.5 Å². The molecule has 1 amide bonds. The molecule has 7 rings (SSSR count). The molecule has 2 N–H and O–H groups in total. The van der Waals surface area contributed by atoms with Crippen molar-refractivity contribution in [3.63, 3.8) is 0 Å². The van der Waals surface area contributed by atoms with E-state index in [4.69, 9.17) is 28.4 Å². The summed E-state index contributed by atoms with van der Waals surface area (Å²) in [6, 6.07) is 7.89. The average molecular weight is 644 g/mol. The van der Waals surface area contributed by atoms with Crippen LogP contribution in [-0.4, -0.2) is 122 Å². The lowest BCUT2D eigenvalue weighted by Gasteiger charge is -2.69. The monoisotopic (exact) mass is 643 g/mol. The number of aliphatic hydroxyl groups excluding tert-OH is 1. The summed E-state index contributed by atoms with van der Waals surface area (Å²) in [5, 5.41) is 25.2. The lowest BCUT2D eigenvalue weighted by atomic mass is 9.42. The number of piperidine rings is 1. The Balaban J connectivity index is 1.54. The molecule has 1 heterocycles. The fourth-order valence-corrected chi connectivity index (χ4v) is 12.2. The number of fused-ring (bicyclic) bond motifs is 2. The highest BCUT2D eigenvalue weighted by Gasteiger charge is 2.92. The van der Waals surface area contributed by atoms with Crippen LogP contribution in [0.1, 0.15) is 43.5 Å². The van der Waals surface area contributed by atoms with Crippen molar-refractivity contribution in [2.45, 2.75) is 80.9 Å². The number of nitrogens with zero attached hydrogens (tertiary/aromatic N) is 1. The molecule has 1 spiro atoms. The van der Waals surface area contributed by atoms with E-state index in [9.17, 15) is 24.6 Å². The average Bonchev–Trinajstić information content (AvgIpc) is 3.43. The van der Waals surface area contributed by atoms with Crippen LogP contribution in [0.5, 0.6) is 0 Å². The van der Waals surface area contributed by atoms with Gasteiger partial charge in [-0.25, -0.2) is 4.79 Å². The van der Waals surface area contributed by atoms with Gasteiger partial charge in [-0.05, 0) is 44.2 Å². The summed E-state index contributed by atoms with van der Waals surface area (Å²) in [4.78, 5) is 43.5. The van der Waals surface area contributed by atoms with E-state index in [1.807, 2.05) is 11.8 Å². The molecule has 5 aliphatic carbocycles. The van der Waals surface area contributed by atoms with Gasteiger partial charge in [0.05, 0.1) is 29.8 Å². The van der Waals surface area contributed by atoms with Gasteiger partial charge in [0.2, 0.25) is 5.91 Å². The molecular formula is C34H45NO11. The highest BCUT2D eigenvalue weighted by Crippen LogP contribution is 2.80. The Morgan fingerprint density at radius 2 is 1.74 bits per heavy atom. The van der Waals surface area contributed by atoms with Crippen molar-refractivity contribution >= 4 is 17.8 Å². The van der Waals surface area contributed by atoms with Crippen LogP contribution >= 0.6 is 0 Å². The molecule has 0 aromatic heterocycles. The van der Waals surface area contributed by atoms with Gasteiger partial charge in [-0.2, -0.15) is 0 Å². The molecule has 5 saturated carbocycles. The lowest BCUT2D eigenvalue weighted by Crippen LogP contribution is -2.81. The van der Waals surface area contributed by atoms with E-state index in [0.29, 0.717) is 24.9 Å². The van der Waals surface area contributed by atoms with Gasteiger partial charge in [0, 0.05) is 71.1 Å². The van der Waals surface area contributed by atoms with Crippen LogP contribution in [0.25, 0.3) is 0 Å². The summed E-state index contributed by atoms with van der Waals surface area (Å²) in [6.07, 6.45) is -4.06. The van der Waals surface area contributed by atoms with Gasteiger partial charge in [0.25, 0.3) is 0 Å². The Bertz CT molecular complexity index is 1410. The molecule has 6 fully saturated rings. The van der Waals surface area contributed by atoms with E-state index in [-0.39, 0.29) is 25.0 Å². The van der Waals surface area contributed by atoms with Gasteiger partial charge in [-0.3, -0.25) is 9.59 Å². The van der Waals surface area contributed by atoms with Crippen molar-refractivity contribution in [2.75, 3.05) is 41.6 Å². The minimum absolute atomic E-state index is 0.0494. The van der Waals surface area contributed by atoms with Gasteiger partial charge in [-0.15, -0.1) is 0 Å². The maximum absolute atomic E-state index is 14.7. The topological polar surface area (TPSA) is 150 Å². The minimum atomic E-state index is -1.85. The van der Waals surface area contributed by atoms with Crippen molar-refractivity contribution in [1.82, 2.24) is 4.90 Å². The number of carbonyl (C=O) groups is 3. The second-order valence-electron chi connectivity index (χ2n) is 14.2. The van der Waals surface area contributed by atoms with Crippen LogP contribution in [0, 0.1) is 34.5 Å². The number of carbonyl (C=O) groups excluding carboxylic acids is 3. The maximum atomic E-state index is 14.7. The number of likely N-dealkylation sites (tertiary alicyclic amines) is 1. The zero-order valence-corrected chi connectivity index (χ0v) is 27.2. The Morgan fingerprint density at radius 1 is 1.02 bits per heavy atom. The van der Waals surface area contributed by atoms with Crippen LogP contribution in [0.4, 0.5) is 0 Å².